The Morgan fingerprint density at radius 1 is 1.12 bits per heavy atom. The standard InChI is InChI=1S/C20H17ClN2O2S/c1-25-17-10-4-2-7-14(17)13-23-19(24)15-8-6-12-22-20(15)26-18-11-5-3-9-16(18)21/h2-12H,13H2,1H3,(H,23,24). The number of rotatable bonds is 6. The molecule has 1 aromatic heterocycles. The van der Waals surface area contributed by atoms with Gasteiger partial charge in [-0.05, 0) is 30.3 Å². The average molecular weight is 385 g/mol. The number of nitrogens with one attached hydrogen (secondary N) is 1. The summed E-state index contributed by atoms with van der Waals surface area (Å²) in [6.45, 7) is 0.369. The van der Waals surface area contributed by atoms with Crippen molar-refractivity contribution in [2.24, 2.45) is 0 Å². The van der Waals surface area contributed by atoms with E-state index in [1.807, 2.05) is 48.5 Å². The lowest BCUT2D eigenvalue weighted by Gasteiger charge is -2.11. The number of carbonyl (C=O) groups excluding carboxylic acids is 1. The number of nitrogens with zero attached hydrogens (tertiary/aromatic N) is 1. The molecule has 0 spiro atoms. The number of halogens is 1. The molecule has 3 aromatic rings. The Bertz CT molecular complexity index is 918. The van der Waals surface area contributed by atoms with E-state index in [0.29, 0.717) is 22.2 Å². The highest BCUT2D eigenvalue weighted by molar-refractivity contribution is 7.99. The molecule has 0 bridgehead atoms. The number of carbonyl (C=O) groups is 1. The maximum atomic E-state index is 12.7. The number of hydrogen-bond donors (Lipinski definition) is 1. The Balaban J connectivity index is 1.77. The number of aromatic nitrogens is 1. The Kier molecular flexibility index (Phi) is 6.15. The SMILES string of the molecule is COc1ccccc1CNC(=O)c1cccnc1Sc1ccccc1Cl. The molecular weight excluding hydrogens is 368 g/mol. The second kappa shape index (κ2) is 8.74. The van der Waals surface area contributed by atoms with E-state index in [-0.39, 0.29) is 5.91 Å². The van der Waals surface area contributed by atoms with Crippen LogP contribution in [0.5, 0.6) is 5.75 Å². The molecule has 3 rings (SSSR count). The highest BCUT2D eigenvalue weighted by Gasteiger charge is 2.15. The molecule has 0 radical (unpaired) electrons. The Hall–Kier alpha value is -2.50. The highest BCUT2D eigenvalue weighted by Crippen LogP contribution is 2.33. The smallest absolute Gasteiger partial charge is 0.254 e. The average Bonchev–Trinajstić information content (AvgIpc) is 2.68. The van der Waals surface area contributed by atoms with E-state index in [1.165, 1.54) is 11.8 Å². The van der Waals surface area contributed by atoms with Crippen molar-refractivity contribution in [1.29, 1.82) is 0 Å². The molecule has 0 aliphatic rings. The highest BCUT2D eigenvalue weighted by atomic mass is 35.5. The van der Waals surface area contributed by atoms with Crippen LogP contribution in [0.25, 0.3) is 0 Å². The molecule has 132 valence electrons. The van der Waals surface area contributed by atoms with Crippen molar-refractivity contribution in [3.63, 3.8) is 0 Å². The molecule has 2 aromatic carbocycles. The molecule has 26 heavy (non-hydrogen) atoms. The first kappa shape index (κ1) is 18.3. The predicted molar refractivity (Wildman–Crippen MR) is 104 cm³/mol. The van der Waals surface area contributed by atoms with Gasteiger partial charge in [-0.1, -0.05) is 53.7 Å². The number of hydrogen-bond acceptors (Lipinski definition) is 4. The van der Waals surface area contributed by atoms with Gasteiger partial charge in [0.1, 0.15) is 10.8 Å². The van der Waals surface area contributed by atoms with E-state index >= 15 is 0 Å². The van der Waals surface area contributed by atoms with Crippen LogP contribution in [0.4, 0.5) is 0 Å². The predicted octanol–water partition coefficient (Wildman–Crippen LogP) is 4.82. The zero-order valence-corrected chi connectivity index (χ0v) is 15.7. The van der Waals surface area contributed by atoms with Crippen molar-refractivity contribution in [2.45, 2.75) is 16.5 Å². The van der Waals surface area contributed by atoms with Crippen molar-refractivity contribution < 1.29 is 9.53 Å². The topological polar surface area (TPSA) is 51.2 Å². The second-order valence-corrected chi connectivity index (χ2v) is 6.82. The van der Waals surface area contributed by atoms with Crippen molar-refractivity contribution >= 4 is 29.3 Å². The fourth-order valence-electron chi connectivity index (χ4n) is 2.40. The van der Waals surface area contributed by atoms with Gasteiger partial charge in [0.05, 0.1) is 17.7 Å². The van der Waals surface area contributed by atoms with Crippen LogP contribution in [0, 0.1) is 0 Å². The normalized spacial score (nSPS) is 10.4. The summed E-state index contributed by atoms with van der Waals surface area (Å²) in [4.78, 5) is 17.9. The van der Waals surface area contributed by atoms with Crippen LogP contribution >= 0.6 is 23.4 Å². The number of ether oxygens (including phenoxy) is 1. The van der Waals surface area contributed by atoms with Gasteiger partial charge in [0.25, 0.3) is 5.91 Å². The van der Waals surface area contributed by atoms with Gasteiger partial charge in [-0.25, -0.2) is 4.98 Å². The molecule has 1 amide bonds. The Labute approximate surface area is 161 Å². The third-order valence-electron chi connectivity index (χ3n) is 3.69. The van der Waals surface area contributed by atoms with Gasteiger partial charge in [0.2, 0.25) is 0 Å². The molecule has 0 atom stereocenters. The van der Waals surface area contributed by atoms with E-state index in [2.05, 4.69) is 10.3 Å². The van der Waals surface area contributed by atoms with E-state index in [9.17, 15) is 4.79 Å². The van der Waals surface area contributed by atoms with Crippen LogP contribution in [0.2, 0.25) is 5.02 Å². The molecule has 0 saturated carbocycles. The molecule has 0 saturated heterocycles. The minimum absolute atomic E-state index is 0.196. The van der Waals surface area contributed by atoms with Crippen LogP contribution in [0.1, 0.15) is 15.9 Å². The molecule has 0 unspecified atom stereocenters. The number of para-hydroxylation sites is 1. The Morgan fingerprint density at radius 3 is 2.69 bits per heavy atom. The summed E-state index contributed by atoms with van der Waals surface area (Å²) in [6, 6.07) is 18.6. The van der Waals surface area contributed by atoms with Gasteiger partial charge in [-0.3, -0.25) is 4.79 Å². The second-order valence-electron chi connectivity index (χ2n) is 5.38. The fourth-order valence-corrected chi connectivity index (χ4v) is 3.55. The first-order chi connectivity index (χ1) is 12.7. The van der Waals surface area contributed by atoms with E-state index in [1.54, 1.807) is 25.4 Å². The van der Waals surface area contributed by atoms with Gasteiger partial charge in [0, 0.05) is 23.2 Å². The monoisotopic (exact) mass is 384 g/mol. The molecule has 6 heteroatoms. The fraction of sp³-hybridized carbons (Fsp3) is 0.100. The lowest BCUT2D eigenvalue weighted by molar-refractivity contribution is 0.0947. The summed E-state index contributed by atoms with van der Waals surface area (Å²) < 4.78 is 5.32. The van der Waals surface area contributed by atoms with Crippen molar-refractivity contribution in [2.75, 3.05) is 7.11 Å². The summed E-state index contributed by atoms with van der Waals surface area (Å²) in [5, 5.41) is 4.16. The maximum Gasteiger partial charge on any atom is 0.254 e. The van der Waals surface area contributed by atoms with Crippen LogP contribution in [-0.4, -0.2) is 18.0 Å². The largest absolute Gasteiger partial charge is 0.496 e. The Morgan fingerprint density at radius 2 is 1.88 bits per heavy atom. The first-order valence-corrected chi connectivity index (χ1v) is 9.16. The van der Waals surface area contributed by atoms with Crippen LogP contribution in [-0.2, 0) is 6.54 Å². The van der Waals surface area contributed by atoms with Crippen LogP contribution in [0.3, 0.4) is 0 Å². The van der Waals surface area contributed by atoms with E-state index in [0.717, 1.165) is 16.2 Å². The van der Waals surface area contributed by atoms with E-state index in [4.69, 9.17) is 16.3 Å². The summed E-state index contributed by atoms with van der Waals surface area (Å²) in [5.74, 6) is 0.545. The van der Waals surface area contributed by atoms with Gasteiger partial charge in [0.15, 0.2) is 0 Å². The van der Waals surface area contributed by atoms with Gasteiger partial charge >= 0.3 is 0 Å². The van der Waals surface area contributed by atoms with Crippen molar-refractivity contribution in [3.8, 4) is 5.75 Å². The number of benzene rings is 2. The van der Waals surface area contributed by atoms with Crippen molar-refractivity contribution in [1.82, 2.24) is 10.3 Å². The molecule has 4 nitrogen and oxygen atoms in total. The molecule has 1 N–H and O–H groups in total. The third-order valence-corrected chi connectivity index (χ3v) is 5.23. The minimum atomic E-state index is -0.196. The zero-order chi connectivity index (χ0) is 18.4. The summed E-state index contributed by atoms with van der Waals surface area (Å²) in [7, 11) is 1.61. The molecule has 0 fully saturated rings. The van der Waals surface area contributed by atoms with Crippen molar-refractivity contribution in [3.05, 3.63) is 83.0 Å². The van der Waals surface area contributed by atoms with Gasteiger partial charge in [-0.2, -0.15) is 0 Å². The van der Waals surface area contributed by atoms with Gasteiger partial charge in [-0.15, -0.1) is 0 Å². The van der Waals surface area contributed by atoms with Gasteiger partial charge < -0.3 is 10.1 Å². The number of methoxy groups -OCH3 is 1. The molecule has 0 aliphatic carbocycles. The first-order valence-electron chi connectivity index (χ1n) is 7.96. The molecule has 1 heterocycles. The van der Waals surface area contributed by atoms with Crippen LogP contribution in [0.15, 0.2) is 76.8 Å². The summed E-state index contributed by atoms with van der Waals surface area (Å²) >= 11 is 7.59. The lowest BCUT2D eigenvalue weighted by atomic mass is 10.2. The third kappa shape index (κ3) is 4.36. The zero-order valence-electron chi connectivity index (χ0n) is 14.1. The number of amides is 1. The lowest BCUT2D eigenvalue weighted by Crippen LogP contribution is -2.23. The van der Waals surface area contributed by atoms with E-state index < -0.39 is 0 Å². The summed E-state index contributed by atoms with van der Waals surface area (Å²) in [5.41, 5.74) is 1.42. The van der Waals surface area contributed by atoms with Crippen LogP contribution < -0.4 is 10.1 Å². The number of pyridine rings is 1. The molecular formula is C20H17ClN2O2S. The minimum Gasteiger partial charge on any atom is -0.496 e. The maximum absolute atomic E-state index is 12.7. The molecule has 0 aliphatic heterocycles. The summed E-state index contributed by atoms with van der Waals surface area (Å²) in [6.07, 6.45) is 1.66. The quantitative estimate of drug-likeness (QED) is 0.661.